The minimum Gasteiger partial charge on any atom is -0.374 e. The first-order chi connectivity index (χ1) is 8.75. The first kappa shape index (κ1) is 12.2. The fourth-order valence-electron chi connectivity index (χ4n) is 3.51. The van der Waals surface area contributed by atoms with Crippen LogP contribution in [0.1, 0.15) is 49.7 Å². The summed E-state index contributed by atoms with van der Waals surface area (Å²) in [4.78, 5) is 0. The van der Waals surface area contributed by atoms with Crippen molar-refractivity contribution in [2.75, 3.05) is 13.7 Å². The summed E-state index contributed by atoms with van der Waals surface area (Å²) in [6, 6.07) is 9.07. The molecule has 18 heavy (non-hydrogen) atoms. The number of nitrogens with two attached hydrogens (primary N) is 1. The Bertz CT molecular complexity index is 413. The Morgan fingerprint density at radius 2 is 1.56 bits per heavy atom. The van der Waals surface area contributed by atoms with Crippen LogP contribution < -0.4 is 5.73 Å². The Morgan fingerprint density at radius 3 is 2.00 bits per heavy atom. The van der Waals surface area contributed by atoms with Crippen LogP contribution in [0.2, 0.25) is 0 Å². The average molecular weight is 245 g/mol. The molecule has 98 valence electrons. The van der Waals surface area contributed by atoms with Crippen LogP contribution in [0.5, 0.6) is 0 Å². The lowest BCUT2D eigenvalue weighted by Crippen LogP contribution is -2.32. The van der Waals surface area contributed by atoms with Gasteiger partial charge in [-0.3, -0.25) is 0 Å². The molecule has 1 aromatic carbocycles. The van der Waals surface area contributed by atoms with Gasteiger partial charge in [-0.15, -0.1) is 0 Å². The second kappa shape index (κ2) is 4.36. The molecule has 0 unspecified atom stereocenters. The lowest BCUT2D eigenvalue weighted by Gasteiger charge is -2.28. The molecule has 0 amide bonds. The molecular formula is C16H23NO. The van der Waals surface area contributed by atoms with Crippen LogP contribution in [-0.4, -0.2) is 13.7 Å². The Balaban J connectivity index is 1.87. The Labute approximate surface area is 110 Å². The minimum absolute atomic E-state index is 0.0318. The molecule has 2 aliphatic rings. The highest BCUT2D eigenvalue weighted by Gasteiger charge is 2.45. The van der Waals surface area contributed by atoms with Gasteiger partial charge in [0.25, 0.3) is 0 Å². The molecule has 1 aromatic rings. The van der Waals surface area contributed by atoms with Gasteiger partial charge in [-0.2, -0.15) is 0 Å². The molecule has 2 fully saturated rings. The molecule has 0 radical (unpaired) electrons. The van der Waals surface area contributed by atoms with Gasteiger partial charge in [-0.25, -0.2) is 0 Å². The molecule has 2 aliphatic carbocycles. The van der Waals surface area contributed by atoms with Crippen molar-refractivity contribution in [2.24, 2.45) is 5.73 Å². The SMILES string of the molecule is COC1(c2ccc(C3(CN)CCCC3)cc2)CC1. The molecular weight excluding hydrogens is 222 g/mol. The third-order valence-corrected chi connectivity index (χ3v) is 5.07. The van der Waals surface area contributed by atoms with Crippen molar-refractivity contribution in [3.05, 3.63) is 35.4 Å². The maximum absolute atomic E-state index is 6.04. The van der Waals surface area contributed by atoms with Crippen molar-refractivity contribution in [1.29, 1.82) is 0 Å². The number of ether oxygens (including phenoxy) is 1. The quantitative estimate of drug-likeness (QED) is 0.884. The van der Waals surface area contributed by atoms with Crippen LogP contribution in [0, 0.1) is 0 Å². The van der Waals surface area contributed by atoms with Gasteiger partial charge in [0.1, 0.15) is 0 Å². The van der Waals surface area contributed by atoms with Crippen LogP contribution in [0.3, 0.4) is 0 Å². The van der Waals surface area contributed by atoms with Gasteiger partial charge in [0.15, 0.2) is 0 Å². The summed E-state index contributed by atoms with van der Waals surface area (Å²) < 4.78 is 5.63. The maximum atomic E-state index is 6.04. The molecule has 2 saturated carbocycles. The van der Waals surface area contributed by atoms with E-state index < -0.39 is 0 Å². The van der Waals surface area contributed by atoms with Crippen molar-refractivity contribution < 1.29 is 4.74 Å². The van der Waals surface area contributed by atoms with Crippen LogP contribution >= 0.6 is 0 Å². The summed E-state index contributed by atoms with van der Waals surface area (Å²) in [5.74, 6) is 0. The molecule has 0 atom stereocenters. The molecule has 0 spiro atoms. The van der Waals surface area contributed by atoms with Crippen LogP contribution in [0.4, 0.5) is 0 Å². The molecule has 0 bridgehead atoms. The smallest absolute Gasteiger partial charge is 0.0929 e. The topological polar surface area (TPSA) is 35.2 Å². The summed E-state index contributed by atoms with van der Waals surface area (Å²) >= 11 is 0. The molecule has 2 heteroatoms. The Hall–Kier alpha value is -0.860. The highest BCUT2D eigenvalue weighted by molar-refractivity contribution is 5.35. The normalized spacial score (nSPS) is 24.1. The van der Waals surface area contributed by atoms with E-state index in [1.807, 2.05) is 7.11 Å². The van der Waals surface area contributed by atoms with Crippen molar-refractivity contribution >= 4 is 0 Å². The van der Waals surface area contributed by atoms with Gasteiger partial charge in [0, 0.05) is 19.1 Å². The molecule has 2 N–H and O–H groups in total. The zero-order chi connectivity index (χ0) is 12.6. The summed E-state index contributed by atoms with van der Waals surface area (Å²) in [6.07, 6.45) is 7.45. The van der Waals surface area contributed by atoms with Gasteiger partial charge in [0.05, 0.1) is 5.60 Å². The molecule has 0 aromatic heterocycles. The minimum atomic E-state index is 0.0318. The van der Waals surface area contributed by atoms with Gasteiger partial charge >= 0.3 is 0 Å². The fourth-order valence-corrected chi connectivity index (χ4v) is 3.51. The third-order valence-electron chi connectivity index (χ3n) is 5.07. The van der Waals surface area contributed by atoms with Crippen molar-refractivity contribution in [1.82, 2.24) is 0 Å². The molecule has 2 nitrogen and oxygen atoms in total. The van der Waals surface area contributed by atoms with Crippen LogP contribution in [-0.2, 0) is 15.8 Å². The van der Waals surface area contributed by atoms with Crippen molar-refractivity contribution in [3.8, 4) is 0 Å². The number of hydrogen-bond acceptors (Lipinski definition) is 2. The Kier molecular flexibility index (Phi) is 2.95. The van der Waals surface area contributed by atoms with Crippen molar-refractivity contribution in [3.63, 3.8) is 0 Å². The predicted molar refractivity (Wildman–Crippen MR) is 73.6 cm³/mol. The summed E-state index contributed by atoms with van der Waals surface area (Å²) in [5.41, 5.74) is 9.08. The van der Waals surface area contributed by atoms with E-state index in [2.05, 4.69) is 24.3 Å². The van der Waals surface area contributed by atoms with E-state index in [1.165, 1.54) is 36.8 Å². The van der Waals surface area contributed by atoms with E-state index in [1.54, 1.807) is 0 Å². The zero-order valence-corrected chi connectivity index (χ0v) is 11.2. The van der Waals surface area contributed by atoms with E-state index in [0.717, 1.165) is 19.4 Å². The molecule has 0 saturated heterocycles. The van der Waals surface area contributed by atoms with Gasteiger partial charge < -0.3 is 10.5 Å². The lowest BCUT2D eigenvalue weighted by molar-refractivity contribution is 0.0789. The largest absolute Gasteiger partial charge is 0.374 e. The molecule has 0 aliphatic heterocycles. The van der Waals surface area contributed by atoms with Crippen molar-refractivity contribution in [2.45, 2.75) is 49.5 Å². The highest BCUT2D eigenvalue weighted by Crippen LogP contribution is 2.49. The highest BCUT2D eigenvalue weighted by atomic mass is 16.5. The van der Waals surface area contributed by atoms with Gasteiger partial charge in [0.2, 0.25) is 0 Å². The van der Waals surface area contributed by atoms with E-state index in [4.69, 9.17) is 10.5 Å². The zero-order valence-electron chi connectivity index (χ0n) is 11.2. The lowest BCUT2D eigenvalue weighted by atomic mass is 9.78. The first-order valence-electron chi connectivity index (χ1n) is 7.11. The average Bonchev–Trinajstić information content (AvgIpc) is 3.09. The van der Waals surface area contributed by atoms with Crippen LogP contribution in [0.25, 0.3) is 0 Å². The Morgan fingerprint density at radius 1 is 1.00 bits per heavy atom. The summed E-state index contributed by atoms with van der Waals surface area (Å²) in [6.45, 7) is 0.780. The predicted octanol–water partition coefficient (Wildman–Crippen LogP) is 3.09. The van der Waals surface area contributed by atoms with E-state index in [9.17, 15) is 0 Å². The van der Waals surface area contributed by atoms with E-state index >= 15 is 0 Å². The van der Waals surface area contributed by atoms with E-state index in [0.29, 0.717) is 0 Å². The van der Waals surface area contributed by atoms with Crippen LogP contribution in [0.15, 0.2) is 24.3 Å². The molecule has 0 heterocycles. The monoisotopic (exact) mass is 245 g/mol. The number of methoxy groups -OCH3 is 1. The number of benzene rings is 1. The molecule has 3 rings (SSSR count). The summed E-state index contributed by atoms with van der Waals surface area (Å²) in [5, 5.41) is 0. The first-order valence-corrected chi connectivity index (χ1v) is 7.11. The standard InChI is InChI=1S/C16H23NO/c1-18-16(10-11-16)14-6-4-13(5-7-14)15(12-17)8-2-3-9-15/h4-7H,2-3,8-12,17H2,1H3. The van der Waals surface area contributed by atoms with E-state index in [-0.39, 0.29) is 11.0 Å². The van der Waals surface area contributed by atoms with Gasteiger partial charge in [-0.05, 0) is 36.8 Å². The number of rotatable bonds is 4. The summed E-state index contributed by atoms with van der Waals surface area (Å²) in [7, 11) is 1.82. The third kappa shape index (κ3) is 1.79. The second-order valence-corrected chi connectivity index (χ2v) is 5.97. The fraction of sp³-hybridized carbons (Fsp3) is 0.625. The number of hydrogen-bond donors (Lipinski definition) is 1. The second-order valence-electron chi connectivity index (χ2n) is 5.97. The maximum Gasteiger partial charge on any atom is 0.0929 e. The van der Waals surface area contributed by atoms with Gasteiger partial charge in [-0.1, -0.05) is 37.1 Å².